The van der Waals surface area contributed by atoms with E-state index in [9.17, 15) is 0 Å². The third-order valence-electron chi connectivity index (χ3n) is 3.69. The van der Waals surface area contributed by atoms with Crippen molar-refractivity contribution in [3.05, 3.63) is 54.4 Å². The predicted octanol–water partition coefficient (Wildman–Crippen LogP) is 2.40. The lowest BCUT2D eigenvalue weighted by Gasteiger charge is -2.28. The van der Waals surface area contributed by atoms with Gasteiger partial charge in [-0.1, -0.05) is 12.1 Å². The molecule has 2 heterocycles. The molecule has 0 saturated carbocycles. The number of morpholine rings is 1. The highest BCUT2D eigenvalue weighted by Gasteiger charge is 2.10. The number of nitrogens with zero attached hydrogens (tertiary/aromatic N) is 2. The number of pyridine rings is 1. The molecule has 0 atom stereocenters. The van der Waals surface area contributed by atoms with Gasteiger partial charge >= 0.3 is 0 Å². The fourth-order valence-electron chi connectivity index (χ4n) is 2.44. The van der Waals surface area contributed by atoms with Crippen LogP contribution in [0.5, 0.6) is 0 Å². The third kappa shape index (κ3) is 4.64. The Balaban J connectivity index is 1.49. The zero-order valence-corrected chi connectivity index (χ0v) is 13.7. The summed E-state index contributed by atoms with van der Waals surface area (Å²) in [5, 5.41) is 6.91. The van der Waals surface area contributed by atoms with Crippen molar-refractivity contribution in [3.63, 3.8) is 0 Å². The van der Waals surface area contributed by atoms with Gasteiger partial charge in [0.25, 0.3) is 0 Å². The number of rotatable bonds is 4. The summed E-state index contributed by atoms with van der Waals surface area (Å²) in [5.41, 5.74) is 3.32. The summed E-state index contributed by atoms with van der Waals surface area (Å²) >= 11 is 5.29. The Morgan fingerprint density at radius 2 is 1.96 bits per heavy atom. The third-order valence-corrected chi connectivity index (χ3v) is 3.93. The summed E-state index contributed by atoms with van der Waals surface area (Å²) in [6.45, 7) is 4.21. The number of thiocarbonyl (C=S) groups is 1. The number of hydrogen-bond acceptors (Lipinski definition) is 4. The van der Waals surface area contributed by atoms with Crippen molar-refractivity contribution < 1.29 is 4.74 Å². The second-order valence-corrected chi connectivity index (χ2v) is 5.72. The summed E-state index contributed by atoms with van der Waals surface area (Å²) in [5.74, 6) is 0. The van der Waals surface area contributed by atoms with E-state index < -0.39 is 0 Å². The van der Waals surface area contributed by atoms with Crippen LogP contribution in [0, 0.1) is 0 Å². The predicted molar refractivity (Wildman–Crippen MR) is 96.8 cm³/mol. The van der Waals surface area contributed by atoms with Crippen molar-refractivity contribution in [2.24, 2.45) is 0 Å². The van der Waals surface area contributed by atoms with Crippen LogP contribution in [0.25, 0.3) is 0 Å². The molecule has 5 nitrogen and oxygen atoms in total. The smallest absolute Gasteiger partial charge is 0.171 e. The van der Waals surface area contributed by atoms with Crippen LogP contribution >= 0.6 is 12.2 Å². The van der Waals surface area contributed by atoms with Gasteiger partial charge in [0.05, 0.1) is 25.1 Å². The highest BCUT2D eigenvalue weighted by molar-refractivity contribution is 7.80. The van der Waals surface area contributed by atoms with E-state index in [-0.39, 0.29) is 0 Å². The monoisotopic (exact) mass is 328 g/mol. The lowest BCUT2D eigenvalue weighted by Crippen LogP contribution is -2.36. The van der Waals surface area contributed by atoms with E-state index in [0.29, 0.717) is 11.7 Å². The zero-order chi connectivity index (χ0) is 15.9. The molecule has 120 valence electrons. The summed E-state index contributed by atoms with van der Waals surface area (Å²) in [6, 6.07) is 12.4. The first-order chi connectivity index (χ1) is 11.3. The molecule has 2 aromatic rings. The van der Waals surface area contributed by atoms with Gasteiger partial charge in [0, 0.05) is 31.5 Å². The molecular weight excluding hydrogens is 308 g/mol. The van der Waals surface area contributed by atoms with Crippen molar-refractivity contribution in [1.29, 1.82) is 0 Å². The number of aromatic nitrogens is 1. The standard InChI is InChI=1S/C17H20N4OS/c23-17(20-15-2-1-7-18-13-15)19-12-14-3-5-16(6-4-14)21-8-10-22-11-9-21/h1-7,13H,8-12H2,(H2,19,20,23). The Kier molecular flexibility index (Phi) is 5.39. The minimum absolute atomic E-state index is 0.593. The second-order valence-electron chi connectivity index (χ2n) is 5.32. The van der Waals surface area contributed by atoms with Gasteiger partial charge in [-0.25, -0.2) is 0 Å². The van der Waals surface area contributed by atoms with Crippen molar-refractivity contribution in [2.45, 2.75) is 6.54 Å². The van der Waals surface area contributed by atoms with E-state index in [1.807, 2.05) is 12.1 Å². The highest BCUT2D eigenvalue weighted by atomic mass is 32.1. The molecule has 2 N–H and O–H groups in total. The van der Waals surface area contributed by atoms with Crippen LogP contribution < -0.4 is 15.5 Å². The lowest BCUT2D eigenvalue weighted by molar-refractivity contribution is 0.122. The maximum Gasteiger partial charge on any atom is 0.171 e. The minimum Gasteiger partial charge on any atom is -0.378 e. The second kappa shape index (κ2) is 7.89. The van der Waals surface area contributed by atoms with Gasteiger partial charge in [0.1, 0.15) is 0 Å². The molecule has 0 aliphatic carbocycles. The molecule has 1 aliphatic heterocycles. The quantitative estimate of drug-likeness (QED) is 0.841. The fraction of sp³-hybridized carbons (Fsp3) is 0.294. The summed E-state index contributed by atoms with van der Waals surface area (Å²) in [7, 11) is 0. The Morgan fingerprint density at radius 1 is 1.17 bits per heavy atom. The summed E-state index contributed by atoms with van der Waals surface area (Å²) in [6.07, 6.45) is 3.47. The van der Waals surface area contributed by atoms with Crippen LogP contribution in [0.3, 0.4) is 0 Å². The Labute approximate surface area is 141 Å². The van der Waals surface area contributed by atoms with Gasteiger partial charge in [-0.2, -0.15) is 0 Å². The molecule has 23 heavy (non-hydrogen) atoms. The number of nitrogens with one attached hydrogen (secondary N) is 2. The SMILES string of the molecule is S=C(NCc1ccc(N2CCOCC2)cc1)Nc1cccnc1. The van der Waals surface area contributed by atoms with Crippen molar-refractivity contribution >= 4 is 28.7 Å². The molecule has 0 amide bonds. The van der Waals surface area contributed by atoms with Crippen LogP contribution in [0.4, 0.5) is 11.4 Å². The average Bonchev–Trinajstić information content (AvgIpc) is 2.62. The summed E-state index contributed by atoms with van der Waals surface area (Å²) < 4.78 is 5.38. The van der Waals surface area contributed by atoms with Gasteiger partial charge in [0.15, 0.2) is 5.11 Å². The first-order valence-corrected chi connectivity index (χ1v) is 8.08. The van der Waals surface area contributed by atoms with Gasteiger partial charge in [0.2, 0.25) is 0 Å². The lowest BCUT2D eigenvalue weighted by atomic mass is 10.2. The highest BCUT2D eigenvalue weighted by Crippen LogP contribution is 2.16. The zero-order valence-electron chi connectivity index (χ0n) is 12.9. The molecule has 6 heteroatoms. The Bertz CT molecular complexity index is 627. The number of benzene rings is 1. The molecule has 1 aliphatic rings. The van der Waals surface area contributed by atoms with E-state index in [0.717, 1.165) is 32.0 Å². The number of hydrogen-bond donors (Lipinski definition) is 2. The molecule has 0 spiro atoms. The van der Waals surface area contributed by atoms with Gasteiger partial charge in [-0.3, -0.25) is 4.98 Å². The maximum absolute atomic E-state index is 5.38. The molecule has 0 radical (unpaired) electrons. The maximum atomic E-state index is 5.38. The van der Waals surface area contributed by atoms with Crippen LogP contribution in [0.1, 0.15) is 5.56 Å². The molecule has 1 aromatic heterocycles. The van der Waals surface area contributed by atoms with E-state index in [4.69, 9.17) is 17.0 Å². The van der Waals surface area contributed by atoms with Gasteiger partial charge in [-0.15, -0.1) is 0 Å². The molecule has 1 saturated heterocycles. The van der Waals surface area contributed by atoms with Gasteiger partial charge < -0.3 is 20.3 Å². The van der Waals surface area contributed by atoms with Crippen LogP contribution in [-0.2, 0) is 11.3 Å². The molecule has 0 bridgehead atoms. The normalized spacial score (nSPS) is 14.3. The van der Waals surface area contributed by atoms with E-state index >= 15 is 0 Å². The van der Waals surface area contributed by atoms with Gasteiger partial charge in [-0.05, 0) is 42.0 Å². The average molecular weight is 328 g/mol. The van der Waals surface area contributed by atoms with Crippen molar-refractivity contribution in [1.82, 2.24) is 10.3 Å². The Morgan fingerprint density at radius 3 is 2.65 bits per heavy atom. The first kappa shape index (κ1) is 15.7. The Hall–Kier alpha value is -2.18. The first-order valence-electron chi connectivity index (χ1n) is 7.68. The van der Waals surface area contributed by atoms with Crippen molar-refractivity contribution in [3.8, 4) is 0 Å². The fourth-order valence-corrected chi connectivity index (χ4v) is 2.63. The minimum atomic E-state index is 0.593. The largest absolute Gasteiger partial charge is 0.378 e. The molecule has 1 aromatic carbocycles. The van der Waals surface area contributed by atoms with Crippen LogP contribution in [-0.4, -0.2) is 36.4 Å². The molecular formula is C17H20N4OS. The molecule has 3 rings (SSSR count). The number of ether oxygens (including phenoxy) is 1. The molecule has 1 fully saturated rings. The van der Waals surface area contributed by atoms with Crippen LogP contribution in [0.2, 0.25) is 0 Å². The number of anilines is 2. The van der Waals surface area contributed by atoms with Crippen LogP contribution in [0.15, 0.2) is 48.8 Å². The van der Waals surface area contributed by atoms with E-state index in [1.165, 1.54) is 11.3 Å². The topological polar surface area (TPSA) is 49.4 Å². The van der Waals surface area contributed by atoms with E-state index in [1.54, 1.807) is 12.4 Å². The van der Waals surface area contributed by atoms with Crippen molar-refractivity contribution in [2.75, 3.05) is 36.5 Å². The molecule has 0 unspecified atom stereocenters. The summed E-state index contributed by atoms with van der Waals surface area (Å²) in [4.78, 5) is 6.39. The van der Waals surface area contributed by atoms with E-state index in [2.05, 4.69) is 44.8 Å².